The van der Waals surface area contributed by atoms with Gasteiger partial charge in [0.15, 0.2) is 0 Å². The molecule has 3 aromatic carbocycles. The van der Waals surface area contributed by atoms with Gasteiger partial charge in [-0.3, -0.25) is 9.69 Å². The molecular formula is C24H23F2N3O. The second-order valence-corrected chi connectivity index (χ2v) is 7.28. The van der Waals surface area contributed by atoms with Gasteiger partial charge in [-0.05, 0) is 42.0 Å². The maximum Gasteiger partial charge on any atom is 0.246 e. The number of rotatable bonds is 5. The molecule has 6 heteroatoms. The van der Waals surface area contributed by atoms with Gasteiger partial charge < -0.3 is 10.2 Å². The van der Waals surface area contributed by atoms with Gasteiger partial charge in [-0.1, -0.05) is 42.5 Å². The molecule has 1 N–H and O–H groups in total. The minimum Gasteiger partial charge on any atom is -0.367 e. The van der Waals surface area contributed by atoms with Gasteiger partial charge in [0.2, 0.25) is 5.91 Å². The lowest BCUT2D eigenvalue weighted by Gasteiger charge is -2.39. The Hall–Kier alpha value is -3.25. The van der Waals surface area contributed by atoms with E-state index < -0.39 is 6.04 Å². The molecule has 4 nitrogen and oxygen atoms in total. The van der Waals surface area contributed by atoms with Gasteiger partial charge in [0.05, 0.1) is 5.69 Å². The summed E-state index contributed by atoms with van der Waals surface area (Å²) in [6.45, 7) is 2.47. The Kier molecular flexibility index (Phi) is 6.05. The fourth-order valence-electron chi connectivity index (χ4n) is 3.84. The summed E-state index contributed by atoms with van der Waals surface area (Å²) in [5.41, 5.74) is 2.02. The molecule has 1 amide bonds. The number of piperazine rings is 1. The fraction of sp³-hybridized carbons (Fsp3) is 0.208. The number of benzene rings is 3. The number of nitrogens with zero attached hydrogens (tertiary/aromatic N) is 2. The van der Waals surface area contributed by atoms with Crippen LogP contribution in [0.15, 0.2) is 78.9 Å². The third kappa shape index (κ3) is 4.49. The molecular weight excluding hydrogens is 384 g/mol. The van der Waals surface area contributed by atoms with Crippen molar-refractivity contribution in [3.8, 4) is 0 Å². The predicted octanol–water partition coefficient (Wildman–Crippen LogP) is 4.47. The number of carbonyl (C=O) groups is 1. The van der Waals surface area contributed by atoms with E-state index >= 15 is 0 Å². The monoisotopic (exact) mass is 407 g/mol. The first kappa shape index (κ1) is 20.0. The molecule has 1 saturated heterocycles. The Morgan fingerprint density at radius 2 is 1.43 bits per heavy atom. The van der Waals surface area contributed by atoms with Crippen LogP contribution in [-0.2, 0) is 4.79 Å². The first-order valence-electron chi connectivity index (χ1n) is 9.97. The topological polar surface area (TPSA) is 35.6 Å². The van der Waals surface area contributed by atoms with Gasteiger partial charge in [0.25, 0.3) is 0 Å². The summed E-state index contributed by atoms with van der Waals surface area (Å²) in [5, 5.41) is 2.90. The van der Waals surface area contributed by atoms with Crippen molar-refractivity contribution in [1.82, 2.24) is 4.90 Å². The Labute approximate surface area is 174 Å². The molecule has 154 valence electrons. The Balaban J connectivity index is 1.51. The molecule has 4 rings (SSSR count). The molecule has 0 bridgehead atoms. The zero-order valence-electron chi connectivity index (χ0n) is 16.5. The Bertz CT molecular complexity index is 987. The molecule has 1 aliphatic rings. The number of para-hydroxylation sites is 1. The number of nitrogens with one attached hydrogen (secondary N) is 1. The van der Waals surface area contributed by atoms with Gasteiger partial charge >= 0.3 is 0 Å². The third-order valence-electron chi connectivity index (χ3n) is 5.35. The van der Waals surface area contributed by atoms with E-state index in [1.807, 2.05) is 41.3 Å². The number of hydrogen-bond acceptors (Lipinski definition) is 3. The molecule has 1 unspecified atom stereocenters. The Morgan fingerprint density at radius 3 is 2.10 bits per heavy atom. The number of amides is 1. The van der Waals surface area contributed by atoms with Crippen molar-refractivity contribution in [2.75, 3.05) is 36.4 Å². The van der Waals surface area contributed by atoms with Crippen LogP contribution in [0.3, 0.4) is 0 Å². The number of anilines is 2. The minimum atomic E-state index is -0.487. The van der Waals surface area contributed by atoms with Gasteiger partial charge in [0.1, 0.15) is 17.7 Å². The smallest absolute Gasteiger partial charge is 0.246 e. The molecule has 0 radical (unpaired) electrons. The molecule has 1 atom stereocenters. The normalized spacial score (nSPS) is 15.6. The predicted molar refractivity (Wildman–Crippen MR) is 114 cm³/mol. The summed E-state index contributed by atoms with van der Waals surface area (Å²) in [6, 6.07) is 21.6. The summed E-state index contributed by atoms with van der Waals surface area (Å²) in [5.74, 6) is -0.761. The molecule has 0 spiro atoms. The lowest BCUT2D eigenvalue weighted by molar-refractivity contribution is -0.121. The molecule has 0 saturated carbocycles. The van der Waals surface area contributed by atoms with E-state index in [1.54, 1.807) is 24.3 Å². The van der Waals surface area contributed by atoms with Crippen molar-refractivity contribution in [3.63, 3.8) is 0 Å². The van der Waals surface area contributed by atoms with E-state index in [1.165, 1.54) is 18.2 Å². The van der Waals surface area contributed by atoms with Crippen LogP contribution in [0.5, 0.6) is 0 Å². The molecule has 1 fully saturated rings. The molecule has 0 aliphatic carbocycles. The summed E-state index contributed by atoms with van der Waals surface area (Å²) in [6.07, 6.45) is 0. The maximum atomic E-state index is 14.1. The van der Waals surface area contributed by atoms with Crippen molar-refractivity contribution in [2.24, 2.45) is 0 Å². The fourth-order valence-corrected chi connectivity index (χ4v) is 3.84. The van der Waals surface area contributed by atoms with Gasteiger partial charge in [-0.25, -0.2) is 8.78 Å². The summed E-state index contributed by atoms with van der Waals surface area (Å²) in [7, 11) is 0. The van der Waals surface area contributed by atoms with E-state index in [4.69, 9.17) is 0 Å². The van der Waals surface area contributed by atoms with Crippen molar-refractivity contribution in [3.05, 3.63) is 96.1 Å². The number of halogens is 2. The van der Waals surface area contributed by atoms with Crippen molar-refractivity contribution < 1.29 is 13.6 Å². The Morgan fingerprint density at radius 1 is 0.800 bits per heavy atom. The molecule has 30 heavy (non-hydrogen) atoms. The molecule has 1 aliphatic heterocycles. The van der Waals surface area contributed by atoms with Crippen LogP contribution in [0.2, 0.25) is 0 Å². The largest absolute Gasteiger partial charge is 0.367 e. The van der Waals surface area contributed by atoms with Crippen LogP contribution in [0.25, 0.3) is 0 Å². The first-order chi connectivity index (χ1) is 14.6. The maximum absolute atomic E-state index is 14.1. The average molecular weight is 407 g/mol. The van der Waals surface area contributed by atoms with Crippen LogP contribution in [-0.4, -0.2) is 37.0 Å². The van der Waals surface area contributed by atoms with Crippen LogP contribution in [0, 0.1) is 11.6 Å². The minimum absolute atomic E-state index is 0.174. The van der Waals surface area contributed by atoms with E-state index in [0.29, 0.717) is 37.6 Å². The summed E-state index contributed by atoms with van der Waals surface area (Å²) in [4.78, 5) is 17.3. The SMILES string of the molecule is O=C(Nc1ccc(F)cc1)C(c1ccccc1)N1CCN(c2ccccc2F)CC1. The highest BCUT2D eigenvalue weighted by Crippen LogP contribution is 2.27. The second kappa shape index (κ2) is 9.05. The second-order valence-electron chi connectivity index (χ2n) is 7.28. The summed E-state index contributed by atoms with van der Waals surface area (Å²) < 4.78 is 27.3. The number of hydrogen-bond donors (Lipinski definition) is 1. The van der Waals surface area contributed by atoms with Crippen LogP contribution in [0.1, 0.15) is 11.6 Å². The van der Waals surface area contributed by atoms with Crippen LogP contribution >= 0.6 is 0 Å². The van der Waals surface area contributed by atoms with Gasteiger partial charge in [0, 0.05) is 31.9 Å². The van der Waals surface area contributed by atoms with Gasteiger partial charge in [-0.2, -0.15) is 0 Å². The highest BCUT2D eigenvalue weighted by atomic mass is 19.1. The van der Waals surface area contributed by atoms with Crippen LogP contribution in [0.4, 0.5) is 20.2 Å². The van der Waals surface area contributed by atoms with E-state index in [2.05, 4.69) is 10.2 Å². The lowest BCUT2D eigenvalue weighted by Crippen LogP contribution is -2.50. The van der Waals surface area contributed by atoms with Crippen LogP contribution < -0.4 is 10.2 Å². The van der Waals surface area contributed by atoms with Crippen molar-refractivity contribution in [1.29, 1.82) is 0 Å². The highest BCUT2D eigenvalue weighted by molar-refractivity contribution is 5.95. The van der Waals surface area contributed by atoms with Crippen molar-refractivity contribution in [2.45, 2.75) is 6.04 Å². The van der Waals surface area contributed by atoms with E-state index in [-0.39, 0.29) is 17.5 Å². The molecule has 3 aromatic rings. The average Bonchev–Trinajstić information content (AvgIpc) is 2.77. The molecule has 1 heterocycles. The zero-order chi connectivity index (χ0) is 20.9. The standard InChI is InChI=1S/C24H23F2N3O/c25-19-10-12-20(13-11-19)27-24(30)23(18-6-2-1-3-7-18)29-16-14-28(15-17-29)22-9-5-4-8-21(22)26/h1-13,23H,14-17H2,(H,27,30). The van der Waals surface area contributed by atoms with Crippen molar-refractivity contribution >= 4 is 17.3 Å². The zero-order valence-corrected chi connectivity index (χ0v) is 16.5. The lowest BCUT2D eigenvalue weighted by atomic mass is 10.0. The quantitative estimate of drug-likeness (QED) is 0.678. The molecule has 0 aromatic heterocycles. The van der Waals surface area contributed by atoms with E-state index in [0.717, 1.165) is 5.56 Å². The van der Waals surface area contributed by atoms with Gasteiger partial charge in [-0.15, -0.1) is 0 Å². The highest BCUT2D eigenvalue weighted by Gasteiger charge is 2.31. The third-order valence-corrected chi connectivity index (χ3v) is 5.35. The van der Waals surface area contributed by atoms with E-state index in [9.17, 15) is 13.6 Å². The number of carbonyl (C=O) groups excluding carboxylic acids is 1. The first-order valence-corrected chi connectivity index (χ1v) is 9.97. The summed E-state index contributed by atoms with van der Waals surface area (Å²) >= 11 is 0.